The molecule has 0 bridgehead atoms. The van der Waals surface area contributed by atoms with Gasteiger partial charge in [0.1, 0.15) is 5.54 Å². The van der Waals surface area contributed by atoms with Crippen LogP contribution in [0.3, 0.4) is 0 Å². The molecule has 2 saturated heterocycles. The number of amides is 3. The smallest absolute Gasteiger partial charge is 0.250 e. The van der Waals surface area contributed by atoms with Crippen LogP contribution >= 0.6 is 0 Å². The fourth-order valence-corrected chi connectivity index (χ4v) is 6.12. The van der Waals surface area contributed by atoms with Crippen LogP contribution in [0, 0.1) is 11.8 Å². The quantitative estimate of drug-likeness (QED) is 0.388. The number of imide groups is 1. The molecule has 3 N–H and O–H groups in total. The number of hydrogen-bond donors (Lipinski definition) is 3. The zero-order valence-corrected chi connectivity index (χ0v) is 18.8. The van der Waals surface area contributed by atoms with E-state index in [1.54, 1.807) is 7.11 Å². The lowest BCUT2D eigenvalue weighted by molar-refractivity contribution is -0.143. The van der Waals surface area contributed by atoms with Crippen molar-refractivity contribution in [2.24, 2.45) is 11.8 Å². The summed E-state index contributed by atoms with van der Waals surface area (Å²) in [4.78, 5) is 45.5. The second-order valence-electron chi connectivity index (χ2n) is 9.30. The predicted octanol–water partition coefficient (Wildman–Crippen LogP) is 2.17. The number of nitrogens with one attached hydrogen (secondary N) is 3. The van der Waals surface area contributed by atoms with Crippen molar-refractivity contribution in [1.29, 1.82) is 0 Å². The average Bonchev–Trinajstić information content (AvgIpc) is 3.55. The van der Waals surface area contributed by atoms with Gasteiger partial charge in [0.2, 0.25) is 17.7 Å². The number of fused-ring (bicyclic) bond motifs is 5. The number of hydrogen-bond acceptors (Lipinski definition) is 5. The first-order chi connectivity index (χ1) is 16.6. The van der Waals surface area contributed by atoms with Gasteiger partial charge in [-0.05, 0) is 30.5 Å². The molecule has 0 saturated carbocycles. The van der Waals surface area contributed by atoms with E-state index >= 15 is 0 Å². The fourth-order valence-electron chi connectivity index (χ4n) is 6.12. The SMILES string of the molecule is COCCCN1C(=O)[C@@H]2[C@H](Cc3c[nH]c4ccccc34)N[C@]3(C(=O)Nc4ccccc43)[C@H]2C1=O. The minimum absolute atomic E-state index is 0.211. The standard InChI is InChI=1S/C26H26N4O4/c1-34-12-6-11-30-23(31)21-20(13-15-14-27-18-9-4-2-7-16(15)18)29-26(22(21)24(30)32)17-8-3-5-10-19(17)28-25(26)33/h2-5,7-10,14,20-22,27,29H,6,11-13H2,1H3,(H,28,33)/t20-,21+,22+,26-/m0/s1. The van der Waals surface area contributed by atoms with Gasteiger partial charge in [-0.15, -0.1) is 0 Å². The molecule has 34 heavy (non-hydrogen) atoms. The van der Waals surface area contributed by atoms with Crippen LogP contribution in [-0.2, 0) is 31.1 Å². The Labute approximate surface area is 196 Å². The molecule has 3 amide bonds. The van der Waals surface area contributed by atoms with Crippen LogP contribution in [0.25, 0.3) is 10.9 Å². The van der Waals surface area contributed by atoms with Gasteiger partial charge in [0.25, 0.3) is 0 Å². The van der Waals surface area contributed by atoms with Gasteiger partial charge < -0.3 is 15.0 Å². The minimum atomic E-state index is -1.26. The summed E-state index contributed by atoms with van der Waals surface area (Å²) < 4.78 is 5.13. The lowest BCUT2D eigenvalue weighted by Gasteiger charge is -2.29. The summed E-state index contributed by atoms with van der Waals surface area (Å²) >= 11 is 0. The number of carbonyl (C=O) groups excluding carboxylic acids is 3. The van der Waals surface area contributed by atoms with Crippen molar-refractivity contribution in [1.82, 2.24) is 15.2 Å². The van der Waals surface area contributed by atoms with E-state index in [4.69, 9.17) is 4.74 Å². The summed E-state index contributed by atoms with van der Waals surface area (Å²) in [6.07, 6.45) is 3.03. The maximum absolute atomic E-state index is 13.7. The Balaban J connectivity index is 1.43. The number of para-hydroxylation sites is 2. The molecule has 0 aliphatic carbocycles. The number of rotatable bonds is 6. The lowest BCUT2D eigenvalue weighted by atomic mass is 9.76. The Hall–Kier alpha value is -3.49. The number of nitrogens with zero attached hydrogens (tertiary/aromatic N) is 1. The second kappa shape index (κ2) is 7.78. The molecule has 2 fully saturated rings. The number of H-pyrrole nitrogens is 1. The van der Waals surface area contributed by atoms with Gasteiger partial charge in [0, 0.05) is 54.7 Å². The van der Waals surface area contributed by atoms with Crippen molar-refractivity contribution in [3.05, 3.63) is 65.9 Å². The van der Waals surface area contributed by atoms with Crippen LogP contribution in [0.15, 0.2) is 54.7 Å². The maximum Gasteiger partial charge on any atom is 0.250 e. The molecule has 4 heterocycles. The largest absolute Gasteiger partial charge is 0.385 e. The molecule has 3 aromatic rings. The van der Waals surface area contributed by atoms with Gasteiger partial charge in [0.05, 0.1) is 11.8 Å². The highest BCUT2D eigenvalue weighted by Crippen LogP contribution is 2.53. The Morgan fingerprint density at radius 3 is 2.68 bits per heavy atom. The Morgan fingerprint density at radius 2 is 1.82 bits per heavy atom. The molecule has 3 aliphatic heterocycles. The highest BCUT2D eigenvalue weighted by molar-refractivity contribution is 6.15. The van der Waals surface area contributed by atoms with Crippen LogP contribution < -0.4 is 10.6 Å². The van der Waals surface area contributed by atoms with E-state index in [2.05, 4.69) is 15.6 Å². The third-order valence-electron chi connectivity index (χ3n) is 7.56. The third kappa shape index (κ3) is 2.82. The zero-order chi connectivity index (χ0) is 23.4. The second-order valence-corrected chi connectivity index (χ2v) is 9.30. The Bertz CT molecular complexity index is 1320. The summed E-state index contributed by atoms with van der Waals surface area (Å²) in [6, 6.07) is 15.1. The minimum Gasteiger partial charge on any atom is -0.385 e. The molecule has 4 atom stereocenters. The number of ether oxygens (including phenoxy) is 1. The maximum atomic E-state index is 13.7. The van der Waals surface area contributed by atoms with Gasteiger partial charge in [-0.1, -0.05) is 36.4 Å². The van der Waals surface area contributed by atoms with Gasteiger partial charge in [0.15, 0.2) is 0 Å². The summed E-state index contributed by atoms with van der Waals surface area (Å²) in [5.74, 6) is -2.18. The van der Waals surface area contributed by atoms with Crippen LogP contribution in [0.2, 0.25) is 0 Å². The Morgan fingerprint density at radius 1 is 1.03 bits per heavy atom. The highest BCUT2D eigenvalue weighted by Gasteiger charge is 2.70. The Kier molecular flexibility index (Phi) is 4.82. The summed E-state index contributed by atoms with van der Waals surface area (Å²) in [6.45, 7) is 0.746. The topological polar surface area (TPSA) is 104 Å². The van der Waals surface area contributed by atoms with E-state index < -0.39 is 17.4 Å². The predicted molar refractivity (Wildman–Crippen MR) is 126 cm³/mol. The molecule has 174 valence electrons. The van der Waals surface area contributed by atoms with Crippen LogP contribution in [-0.4, -0.2) is 53.9 Å². The molecular formula is C26H26N4O4. The number of benzene rings is 2. The molecule has 0 radical (unpaired) electrons. The van der Waals surface area contributed by atoms with Gasteiger partial charge in [-0.25, -0.2) is 0 Å². The fraction of sp³-hybridized carbons (Fsp3) is 0.346. The van der Waals surface area contributed by atoms with Gasteiger partial charge >= 0.3 is 0 Å². The number of carbonyl (C=O) groups is 3. The first kappa shape index (κ1) is 21.1. The van der Waals surface area contributed by atoms with E-state index in [1.165, 1.54) is 4.90 Å². The van der Waals surface area contributed by atoms with Crippen LogP contribution in [0.1, 0.15) is 17.5 Å². The van der Waals surface area contributed by atoms with Crippen LogP contribution in [0.4, 0.5) is 5.69 Å². The first-order valence-electron chi connectivity index (χ1n) is 11.6. The van der Waals surface area contributed by atoms with Crippen molar-refractivity contribution < 1.29 is 19.1 Å². The third-order valence-corrected chi connectivity index (χ3v) is 7.56. The monoisotopic (exact) mass is 458 g/mol. The van der Waals surface area contributed by atoms with Gasteiger partial charge in [-0.3, -0.25) is 24.6 Å². The van der Waals surface area contributed by atoms with Crippen molar-refractivity contribution in [3.8, 4) is 0 Å². The highest BCUT2D eigenvalue weighted by atomic mass is 16.5. The number of likely N-dealkylation sites (tertiary alicyclic amines) is 1. The zero-order valence-electron chi connectivity index (χ0n) is 18.8. The van der Waals surface area contributed by atoms with E-state index in [0.717, 1.165) is 22.0 Å². The molecule has 8 heteroatoms. The summed E-state index contributed by atoms with van der Waals surface area (Å²) in [5, 5.41) is 7.53. The number of aromatic nitrogens is 1. The lowest BCUT2D eigenvalue weighted by Crippen LogP contribution is -2.53. The molecular weight excluding hydrogens is 432 g/mol. The average molecular weight is 459 g/mol. The molecule has 1 aromatic heterocycles. The molecule has 0 unspecified atom stereocenters. The van der Waals surface area contributed by atoms with Crippen LogP contribution in [0.5, 0.6) is 0 Å². The van der Waals surface area contributed by atoms with E-state index in [1.807, 2.05) is 54.7 Å². The number of methoxy groups -OCH3 is 1. The molecule has 1 spiro atoms. The van der Waals surface area contributed by atoms with Crippen molar-refractivity contribution in [2.75, 3.05) is 25.6 Å². The normalized spacial score (nSPS) is 27.6. The number of anilines is 1. The van der Waals surface area contributed by atoms with Gasteiger partial charge in [-0.2, -0.15) is 0 Å². The van der Waals surface area contributed by atoms with E-state index in [0.29, 0.717) is 25.1 Å². The van der Waals surface area contributed by atoms with E-state index in [9.17, 15) is 14.4 Å². The molecule has 8 nitrogen and oxygen atoms in total. The number of aromatic amines is 1. The molecule has 3 aliphatic rings. The molecule has 6 rings (SSSR count). The van der Waals surface area contributed by atoms with Crippen molar-refractivity contribution >= 4 is 34.3 Å². The van der Waals surface area contributed by atoms with Crippen molar-refractivity contribution in [2.45, 2.75) is 24.4 Å². The summed E-state index contributed by atoms with van der Waals surface area (Å²) in [5.41, 5.74) is 2.22. The van der Waals surface area contributed by atoms with Crippen molar-refractivity contribution in [3.63, 3.8) is 0 Å². The molecule has 2 aromatic carbocycles. The summed E-state index contributed by atoms with van der Waals surface area (Å²) in [7, 11) is 1.60. The first-order valence-corrected chi connectivity index (χ1v) is 11.6. The van der Waals surface area contributed by atoms with E-state index in [-0.39, 0.29) is 30.3 Å².